The van der Waals surface area contributed by atoms with Gasteiger partial charge in [0.05, 0.1) is 0 Å². The fourth-order valence-electron chi connectivity index (χ4n) is 2.20. The molecule has 0 saturated carbocycles. The lowest BCUT2D eigenvalue weighted by molar-refractivity contribution is 0.0951. The van der Waals surface area contributed by atoms with E-state index in [1.807, 2.05) is 12.1 Å². The second-order valence-electron chi connectivity index (χ2n) is 5.42. The Bertz CT molecular complexity index is 984. The van der Waals surface area contributed by atoms with Crippen molar-refractivity contribution < 1.29 is 13.2 Å². The van der Waals surface area contributed by atoms with Crippen molar-refractivity contribution in [2.75, 3.05) is 4.72 Å². The van der Waals surface area contributed by atoms with Gasteiger partial charge in [0.2, 0.25) is 0 Å². The predicted octanol–water partition coefficient (Wildman–Crippen LogP) is 4.13. The van der Waals surface area contributed by atoms with E-state index in [2.05, 4.69) is 10.0 Å². The highest BCUT2D eigenvalue weighted by atomic mass is 35.5. The number of rotatable bonds is 6. The third kappa shape index (κ3) is 4.63. The third-order valence-corrected chi connectivity index (χ3v) is 6.56. The molecule has 1 heterocycles. The molecule has 0 bridgehead atoms. The van der Waals surface area contributed by atoms with Crippen molar-refractivity contribution in [1.29, 1.82) is 0 Å². The molecule has 0 aliphatic carbocycles. The molecule has 134 valence electrons. The molecule has 3 rings (SSSR count). The summed E-state index contributed by atoms with van der Waals surface area (Å²) in [4.78, 5) is 12.2. The molecule has 3 aromatic rings. The Balaban J connectivity index is 1.61. The van der Waals surface area contributed by atoms with E-state index in [4.69, 9.17) is 11.6 Å². The van der Waals surface area contributed by atoms with Gasteiger partial charge in [-0.3, -0.25) is 9.52 Å². The number of thiophene rings is 1. The van der Waals surface area contributed by atoms with Crippen LogP contribution in [-0.4, -0.2) is 14.3 Å². The van der Waals surface area contributed by atoms with Gasteiger partial charge in [-0.05, 0) is 53.4 Å². The van der Waals surface area contributed by atoms with Gasteiger partial charge in [-0.15, -0.1) is 11.3 Å². The van der Waals surface area contributed by atoms with Crippen LogP contribution in [0.2, 0.25) is 5.02 Å². The molecule has 0 aliphatic heterocycles. The van der Waals surface area contributed by atoms with Crippen LogP contribution in [0.25, 0.3) is 0 Å². The van der Waals surface area contributed by atoms with E-state index in [0.29, 0.717) is 22.8 Å². The number of carbonyl (C=O) groups excluding carboxylic acids is 1. The number of sulfonamides is 1. The van der Waals surface area contributed by atoms with Gasteiger partial charge in [0.1, 0.15) is 4.21 Å². The fourth-order valence-corrected chi connectivity index (χ4v) is 4.38. The van der Waals surface area contributed by atoms with Crippen molar-refractivity contribution >= 4 is 44.6 Å². The lowest BCUT2D eigenvalue weighted by atomic mass is 10.2. The Morgan fingerprint density at radius 1 is 1.00 bits per heavy atom. The van der Waals surface area contributed by atoms with Gasteiger partial charge in [-0.1, -0.05) is 29.8 Å². The summed E-state index contributed by atoms with van der Waals surface area (Å²) < 4.78 is 27.1. The molecule has 2 N–H and O–H groups in total. The lowest BCUT2D eigenvalue weighted by Gasteiger charge is -2.08. The van der Waals surface area contributed by atoms with E-state index < -0.39 is 10.0 Å². The molecule has 0 unspecified atom stereocenters. The first-order valence-electron chi connectivity index (χ1n) is 7.63. The van der Waals surface area contributed by atoms with E-state index in [1.54, 1.807) is 47.8 Å². The lowest BCUT2D eigenvalue weighted by Crippen LogP contribution is -2.22. The van der Waals surface area contributed by atoms with E-state index in [-0.39, 0.29) is 10.1 Å². The minimum Gasteiger partial charge on any atom is -0.348 e. The largest absolute Gasteiger partial charge is 0.348 e. The van der Waals surface area contributed by atoms with Crippen LogP contribution in [0.1, 0.15) is 15.9 Å². The van der Waals surface area contributed by atoms with Gasteiger partial charge in [-0.25, -0.2) is 8.42 Å². The van der Waals surface area contributed by atoms with E-state index in [1.165, 1.54) is 6.07 Å². The van der Waals surface area contributed by atoms with Crippen LogP contribution in [0.15, 0.2) is 70.3 Å². The summed E-state index contributed by atoms with van der Waals surface area (Å²) in [5, 5.41) is 5.14. The van der Waals surface area contributed by atoms with Crippen LogP contribution in [0.4, 0.5) is 5.69 Å². The highest BCUT2D eigenvalue weighted by molar-refractivity contribution is 7.94. The quantitative estimate of drug-likeness (QED) is 0.646. The molecular weight excluding hydrogens is 392 g/mol. The Labute approximate surface area is 160 Å². The van der Waals surface area contributed by atoms with E-state index in [9.17, 15) is 13.2 Å². The summed E-state index contributed by atoms with van der Waals surface area (Å²) in [5.41, 5.74) is 1.77. The second kappa shape index (κ2) is 7.90. The van der Waals surface area contributed by atoms with Crippen molar-refractivity contribution in [3.8, 4) is 0 Å². The SMILES string of the molecule is O=C(NCc1ccc(Cl)cc1)c1ccc(NS(=O)(=O)c2cccs2)cc1. The van der Waals surface area contributed by atoms with Gasteiger partial charge < -0.3 is 5.32 Å². The molecule has 8 heteroatoms. The van der Waals surface area contributed by atoms with Gasteiger partial charge in [0, 0.05) is 22.8 Å². The number of halogens is 1. The van der Waals surface area contributed by atoms with Gasteiger partial charge in [0.15, 0.2) is 0 Å². The topological polar surface area (TPSA) is 75.3 Å². The first-order chi connectivity index (χ1) is 12.4. The first-order valence-corrected chi connectivity index (χ1v) is 10.4. The minimum atomic E-state index is -3.60. The van der Waals surface area contributed by atoms with Crippen LogP contribution in [-0.2, 0) is 16.6 Å². The zero-order valence-corrected chi connectivity index (χ0v) is 15.9. The highest BCUT2D eigenvalue weighted by Crippen LogP contribution is 2.20. The van der Waals surface area contributed by atoms with Crippen LogP contribution in [0.5, 0.6) is 0 Å². The molecule has 0 atom stereocenters. The molecule has 5 nitrogen and oxygen atoms in total. The molecule has 26 heavy (non-hydrogen) atoms. The number of amides is 1. The molecule has 0 saturated heterocycles. The Hall–Kier alpha value is -2.35. The molecule has 0 radical (unpaired) electrons. The second-order valence-corrected chi connectivity index (χ2v) is 8.72. The molecule has 2 aromatic carbocycles. The molecule has 0 spiro atoms. The standard InChI is InChI=1S/C18H15ClN2O3S2/c19-15-7-3-13(4-8-15)12-20-18(22)14-5-9-16(10-6-14)21-26(23,24)17-2-1-11-25-17/h1-11,21H,12H2,(H,20,22). The Morgan fingerprint density at radius 3 is 2.31 bits per heavy atom. The number of benzene rings is 2. The van der Waals surface area contributed by atoms with Gasteiger partial charge in [-0.2, -0.15) is 0 Å². The van der Waals surface area contributed by atoms with Gasteiger partial charge in [0.25, 0.3) is 15.9 Å². The Kier molecular flexibility index (Phi) is 5.61. The van der Waals surface area contributed by atoms with Gasteiger partial charge >= 0.3 is 0 Å². The van der Waals surface area contributed by atoms with Crippen LogP contribution in [0.3, 0.4) is 0 Å². The average molecular weight is 407 g/mol. The summed E-state index contributed by atoms with van der Waals surface area (Å²) in [6, 6.07) is 16.7. The van der Waals surface area contributed by atoms with Crippen molar-refractivity contribution in [2.24, 2.45) is 0 Å². The van der Waals surface area contributed by atoms with Crippen molar-refractivity contribution in [3.63, 3.8) is 0 Å². The minimum absolute atomic E-state index is 0.238. The molecular formula is C18H15ClN2O3S2. The number of hydrogen-bond donors (Lipinski definition) is 2. The molecule has 0 fully saturated rings. The summed E-state index contributed by atoms with van der Waals surface area (Å²) in [6.07, 6.45) is 0. The predicted molar refractivity (Wildman–Crippen MR) is 104 cm³/mol. The highest BCUT2D eigenvalue weighted by Gasteiger charge is 2.15. The number of hydrogen-bond acceptors (Lipinski definition) is 4. The average Bonchev–Trinajstić information content (AvgIpc) is 3.17. The van der Waals surface area contributed by atoms with Crippen LogP contribution < -0.4 is 10.0 Å². The molecule has 0 aliphatic rings. The monoisotopic (exact) mass is 406 g/mol. The fraction of sp³-hybridized carbons (Fsp3) is 0.0556. The molecule has 1 aromatic heterocycles. The maximum absolute atomic E-state index is 12.2. The maximum atomic E-state index is 12.2. The zero-order valence-electron chi connectivity index (χ0n) is 13.5. The van der Waals surface area contributed by atoms with E-state index >= 15 is 0 Å². The normalized spacial score (nSPS) is 11.1. The summed E-state index contributed by atoms with van der Waals surface area (Å²) >= 11 is 6.97. The first kappa shape index (κ1) is 18.4. The number of anilines is 1. The smallest absolute Gasteiger partial charge is 0.271 e. The summed E-state index contributed by atoms with van der Waals surface area (Å²) in [5.74, 6) is -0.243. The zero-order chi connectivity index (χ0) is 18.6. The van der Waals surface area contributed by atoms with Crippen molar-refractivity contribution in [3.05, 3.63) is 82.2 Å². The summed E-state index contributed by atoms with van der Waals surface area (Å²) in [6.45, 7) is 0.378. The Morgan fingerprint density at radius 2 is 1.69 bits per heavy atom. The molecule has 1 amide bonds. The van der Waals surface area contributed by atoms with E-state index in [0.717, 1.165) is 16.9 Å². The third-order valence-electron chi connectivity index (χ3n) is 3.53. The number of carbonyl (C=O) groups is 1. The van der Waals surface area contributed by atoms with Crippen LogP contribution >= 0.6 is 22.9 Å². The van der Waals surface area contributed by atoms with Crippen molar-refractivity contribution in [2.45, 2.75) is 10.8 Å². The maximum Gasteiger partial charge on any atom is 0.271 e. The summed E-state index contributed by atoms with van der Waals surface area (Å²) in [7, 11) is -3.60. The van der Waals surface area contributed by atoms with Crippen molar-refractivity contribution in [1.82, 2.24) is 5.32 Å². The van der Waals surface area contributed by atoms with Crippen LogP contribution in [0, 0.1) is 0 Å². The number of nitrogens with one attached hydrogen (secondary N) is 2.